The molecule has 1 aliphatic rings. The maximum absolute atomic E-state index is 13.6. The quantitative estimate of drug-likeness (QED) is 0.685. The Balaban J connectivity index is 1.87. The summed E-state index contributed by atoms with van der Waals surface area (Å²) in [6, 6.07) is 6.53. The van der Waals surface area contributed by atoms with E-state index in [-0.39, 0.29) is 30.1 Å². The topological polar surface area (TPSA) is 76.0 Å². The van der Waals surface area contributed by atoms with Gasteiger partial charge in [-0.25, -0.2) is 0 Å². The molecule has 3 rings (SSSR count). The third-order valence-electron chi connectivity index (χ3n) is 4.92. The maximum atomic E-state index is 13.6. The Morgan fingerprint density at radius 1 is 1.27 bits per heavy atom. The number of alkyl halides is 3. The highest BCUT2D eigenvalue weighted by molar-refractivity contribution is 5.70. The van der Waals surface area contributed by atoms with Crippen molar-refractivity contribution in [3.63, 3.8) is 0 Å². The van der Waals surface area contributed by atoms with Crippen molar-refractivity contribution in [3.05, 3.63) is 52.6 Å². The molecular formula is C22H23F3O5. The average Bonchev–Trinajstić information content (AvgIpc) is 2.93. The summed E-state index contributed by atoms with van der Waals surface area (Å²) < 4.78 is 52.1. The predicted molar refractivity (Wildman–Crippen MR) is 103 cm³/mol. The number of aliphatic carboxylic acids is 1. The second-order valence-electron chi connectivity index (χ2n) is 8.19. The van der Waals surface area contributed by atoms with Gasteiger partial charge in [-0.05, 0) is 50.1 Å². The molecule has 2 N–H and O–H groups in total. The minimum absolute atomic E-state index is 0.0114. The van der Waals surface area contributed by atoms with Crippen LogP contribution in [0.25, 0.3) is 0 Å². The third-order valence-corrected chi connectivity index (χ3v) is 4.92. The molecule has 0 aromatic heterocycles. The fourth-order valence-corrected chi connectivity index (χ4v) is 3.52. The third kappa shape index (κ3) is 4.80. The van der Waals surface area contributed by atoms with Gasteiger partial charge in [0, 0.05) is 17.5 Å². The number of phenols is 1. The van der Waals surface area contributed by atoms with Gasteiger partial charge in [-0.15, -0.1) is 0 Å². The van der Waals surface area contributed by atoms with Gasteiger partial charge >= 0.3 is 12.1 Å². The molecule has 5 nitrogen and oxygen atoms in total. The van der Waals surface area contributed by atoms with Crippen LogP contribution in [-0.2, 0) is 30.4 Å². The van der Waals surface area contributed by atoms with Crippen molar-refractivity contribution in [1.82, 2.24) is 0 Å². The zero-order valence-corrected chi connectivity index (χ0v) is 16.8. The standard InChI is InChI=1S/C22H23F3O5/c1-12(20(27)28)6-13-4-5-18(17(7-13)22(23,24)25)29-11-15-9-16(26)8-14-10-21(2,3)30-19(14)15/h4-5,7-9,12,26H,6,10-11H2,1-3H3,(H,27,28). The number of hydrogen-bond acceptors (Lipinski definition) is 4. The molecule has 0 saturated heterocycles. The first kappa shape index (κ1) is 21.8. The van der Waals surface area contributed by atoms with E-state index in [1.807, 2.05) is 13.8 Å². The SMILES string of the molecule is CC(Cc1ccc(OCc2cc(O)cc3c2OC(C)(C)C3)c(C(F)(F)F)c1)C(=O)O. The van der Waals surface area contributed by atoms with Gasteiger partial charge in [0.1, 0.15) is 29.5 Å². The Morgan fingerprint density at radius 3 is 2.60 bits per heavy atom. The molecule has 8 heteroatoms. The molecule has 0 bridgehead atoms. The van der Waals surface area contributed by atoms with E-state index in [4.69, 9.17) is 14.6 Å². The number of carboxylic acids is 1. The van der Waals surface area contributed by atoms with Gasteiger partial charge in [-0.1, -0.05) is 13.0 Å². The molecule has 0 amide bonds. The highest BCUT2D eigenvalue weighted by Gasteiger charge is 2.36. The van der Waals surface area contributed by atoms with Gasteiger partial charge in [0.15, 0.2) is 0 Å². The minimum Gasteiger partial charge on any atom is -0.508 e. The summed E-state index contributed by atoms with van der Waals surface area (Å²) in [6.45, 7) is 4.98. The van der Waals surface area contributed by atoms with E-state index >= 15 is 0 Å². The summed E-state index contributed by atoms with van der Waals surface area (Å²) in [7, 11) is 0. The summed E-state index contributed by atoms with van der Waals surface area (Å²) in [5.41, 5.74) is 0.0216. The highest BCUT2D eigenvalue weighted by atomic mass is 19.4. The molecule has 162 valence electrons. The number of halogens is 3. The molecule has 2 aromatic carbocycles. The van der Waals surface area contributed by atoms with Crippen LogP contribution in [-0.4, -0.2) is 21.8 Å². The predicted octanol–water partition coefficient (Wildman–Crippen LogP) is 4.97. The van der Waals surface area contributed by atoms with E-state index in [0.717, 1.165) is 11.6 Å². The summed E-state index contributed by atoms with van der Waals surface area (Å²) in [5, 5.41) is 18.9. The van der Waals surface area contributed by atoms with Gasteiger partial charge in [0.05, 0.1) is 11.5 Å². The number of carboxylic acid groups (broad SMARTS) is 1. The normalized spacial score (nSPS) is 15.9. The van der Waals surface area contributed by atoms with Gasteiger partial charge in [0.25, 0.3) is 0 Å². The van der Waals surface area contributed by atoms with Crippen molar-refractivity contribution in [3.8, 4) is 17.2 Å². The summed E-state index contributed by atoms with van der Waals surface area (Å²) in [5.74, 6) is -1.76. The first-order valence-corrected chi connectivity index (χ1v) is 9.45. The van der Waals surface area contributed by atoms with Crippen LogP contribution in [0.3, 0.4) is 0 Å². The van der Waals surface area contributed by atoms with Crippen molar-refractivity contribution in [2.75, 3.05) is 0 Å². The molecule has 0 fully saturated rings. The lowest BCUT2D eigenvalue weighted by Gasteiger charge is -2.19. The molecule has 0 radical (unpaired) electrons. The van der Waals surface area contributed by atoms with E-state index in [1.54, 1.807) is 6.07 Å². The minimum atomic E-state index is -4.67. The van der Waals surface area contributed by atoms with Crippen LogP contribution in [0.1, 0.15) is 43.0 Å². The smallest absolute Gasteiger partial charge is 0.419 e. The van der Waals surface area contributed by atoms with E-state index in [2.05, 4.69) is 0 Å². The Bertz CT molecular complexity index is 966. The first-order valence-electron chi connectivity index (χ1n) is 9.45. The molecule has 2 aromatic rings. The number of aromatic hydroxyl groups is 1. The van der Waals surface area contributed by atoms with Crippen LogP contribution in [0.15, 0.2) is 30.3 Å². The number of hydrogen-bond donors (Lipinski definition) is 2. The van der Waals surface area contributed by atoms with Crippen LogP contribution < -0.4 is 9.47 Å². The molecule has 1 atom stereocenters. The van der Waals surface area contributed by atoms with Crippen LogP contribution in [0, 0.1) is 5.92 Å². The van der Waals surface area contributed by atoms with Gasteiger partial charge in [-0.3, -0.25) is 4.79 Å². The lowest BCUT2D eigenvalue weighted by Crippen LogP contribution is -2.25. The van der Waals surface area contributed by atoms with Crippen LogP contribution in [0.2, 0.25) is 0 Å². The zero-order chi connectivity index (χ0) is 22.3. The summed E-state index contributed by atoms with van der Waals surface area (Å²) >= 11 is 0. The van der Waals surface area contributed by atoms with Crippen LogP contribution >= 0.6 is 0 Å². The fourth-order valence-electron chi connectivity index (χ4n) is 3.52. The van der Waals surface area contributed by atoms with Gasteiger partial charge in [-0.2, -0.15) is 13.2 Å². The number of carbonyl (C=O) groups is 1. The number of benzene rings is 2. The lowest BCUT2D eigenvalue weighted by molar-refractivity contribution is -0.141. The van der Waals surface area contributed by atoms with Crippen molar-refractivity contribution in [1.29, 1.82) is 0 Å². The molecule has 1 heterocycles. The lowest BCUT2D eigenvalue weighted by atomic mass is 9.99. The molecule has 0 saturated carbocycles. The monoisotopic (exact) mass is 424 g/mol. The molecular weight excluding hydrogens is 401 g/mol. The fraction of sp³-hybridized carbons (Fsp3) is 0.409. The van der Waals surface area contributed by atoms with Gasteiger partial charge in [0.2, 0.25) is 0 Å². The van der Waals surface area contributed by atoms with E-state index in [1.165, 1.54) is 25.1 Å². The molecule has 1 aliphatic heterocycles. The van der Waals surface area contributed by atoms with Gasteiger partial charge < -0.3 is 19.7 Å². The Hall–Kier alpha value is -2.90. The molecule has 30 heavy (non-hydrogen) atoms. The zero-order valence-electron chi connectivity index (χ0n) is 16.8. The number of fused-ring (bicyclic) bond motifs is 1. The van der Waals surface area contributed by atoms with Crippen LogP contribution in [0.5, 0.6) is 17.2 Å². The van der Waals surface area contributed by atoms with Crippen molar-refractivity contribution < 1.29 is 37.7 Å². The largest absolute Gasteiger partial charge is 0.508 e. The van der Waals surface area contributed by atoms with E-state index < -0.39 is 29.2 Å². The van der Waals surface area contributed by atoms with E-state index in [9.17, 15) is 23.1 Å². The van der Waals surface area contributed by atoms with Crippen molar-refractivity contribution >= 4 is 5.97 Å². The Kier molecular flexibility index (Phi) is 5.62. The second kappa shape index (κ2) is 7.74. The van der Waals surface area contributed by atoms with E-state index in [0.29, 0.717) is 17.7 Å². The summed E-state index contributed by atoms with van der Waals surface area (Å²) in [4.78, 5) is 11.0. The molecule has 1 unspecified atom stereocenters. The number of phenolic OH excluding ortho intramolecular Hbond substituents is 1. The maximum Gasteiger partial charge on any atom is 0.419 e. The highest BCUT2D eigenvalue weighted by Crippen LogP contribution is 2.42. The molecule has 0 aliphatic carbocycles. The average molecular weight is 424 g/mol. The van der Waals surface area contributed by atoms with Crippen molar-refractivity contribution in [2.24, 2.45) is 5.92 Å². The number of ether oxygens (including phenoxy) is 2. The Morgan fingerprint density at radius 2 is 1.97 bits per heavy atom. The van der Waals surface area contributed by atoms with Crippen LogP contribution in [0.4, 0.5) is 13.2 Å². The molecule has 0 spiro atoms. The Labute approximate surface area is 172 Å². The van der Waals surface area contributed by atoms with Crippen molar-refractivity contribution in [2.45, 2.75) is 52.0 Å². The second-order valence-corrected chi connectivity index (χ2v) is 8.19. The first-order chi connectivity index (χ1) is 13.9. The summed E-state index contributed by atoms with van der Waals surface area (Å²) in [6.07, 6.45) is -4.13. The number of rotatable bonds is 6.